The number of carboxylic acids is 2. The molecule has 0 spiro atoms. The number of carbonyl (C=O) groups is 4. The van der Waals surface area contributed by atoms with Gasteiger partial charge in [-0.15, -0.1) is 0 Å². The van der Waals surface area contributed by atoms with Crippen LogP contribution in [0, 0.1) is 0 Å². The molecular formula is C40H28Cl2N2O6. The van der Waals surface area contributed by atoms with E-state index >= 15 is 0 Å². The number of halogens is 2. The summed E-state index contributed by atoms with van der Waals surface area (Å²) in [4.78, 5) is 54.8. The second kappa shape index (κ2) is 13.3. The number of amides is 2. The monoisotopic (exact) mass is 702 g/mol. The molecule has 7 aromatic rings. The summed E-state index contributed by atoms with van der Waals surface area (Å²) in [5, 5.41) is 32.0. The predicted molar refractivity (Wildman–Crippen MR) is 197 cm³/mol. The first-order valence-electron chi connectivity index (χ1n) is 15.8. The van der Waals surface area contributed by atoms with E-state index in [9.17, 15) is 29.4 Å². The molecule has 0 unspecified atom stereocenters. The molecule has 10 heteroatoms. The summed E-state index contributed by atoms with van der Waals surface area (Å²) >= 11 is 12.3. The minimum Gasteiger partial charge on any atom is -0.478 e. The van der Waals surface area contributed by atoms with Gasteiger partial charge in [-0.05, 0) is 86.6 Å². The van der Waals surface area contributed by atoms with Gasteiger partial charge in [0.05, 0.1) is 22.3 Å². The highest BCUT2D eigenvalue weighted by molar-refractivity contribution is 6.40. The first kappa shape index (κ1) is 32.8. The van der Waals surface area contributed by atoms with E-state index in [1.807, 2.05) is 42.5 Å². The van der Waals surface area contributed by atoms with Gasteiger partial charge < -0.3 is 20.8 Å². The van der Waals surface area contributed by atoms with Gasteiger partial charge >= 0.3 is 11.9 Å². The maximum absolute atomic E-state index is 14.5. The first-order chi connectivity index (χ1) is 24.1. The Balaban J connectivity index is 1.50. The number of carbonyl (C=O) groups excluding carboxylic acids is 2. The Hall–Kier alpha value is -5.70. The lowest BCUT2D eigenvalue weighted by molar-refractivity contribution is 0.0692. The highest BCUT2D eigenvalue weighted by Crippen LogP contribution is 2.45. The zero-order chi connectivity index (χ0) is 35.1. The number of hydrogen-bond donors (Lipinski definition) is 4. The molecule has 0 bridgehead atoms. The van der Waals surface area contributed by atoms with Gasteiger partial charge in [0.2, 0.25) is 0 Å². The fourth-order valence-corrected chi connectivity index (χ4v) is 7.36. The summed E-state index contributed by atoms with van der Waals surface area (Å²) in [6.07, 6.45) is 0.780. The van der Waals surface area contributed by atoms with Gasteiger partial charge in [-0.25, -0.2) is 9.59 Å². The van der Waals surface area contributed by atoms with Crippen LogP contribution in [0.25, 0.3) is 43.1 Å². The van der Waals surface area contributed by atoms with Crippen molar-refractivity contribution in [2.75, 3.05) is 13.1 Å². The molecule has 50 heavy (non-hydrogen) atoms. The van der Waals surface area contributed by atoms with Crippen molar-refractivity contribution in [1.29, 1.82) is 0 Å². The molecule has 0 aromatic heterocycles. The van der Waals surface area contributed by atoms with Crippen LogP contribution in [0.1, 0.15) is 52.6 Å². The third kappa shape index (κ3) is 5.82. The number of hydrogen-bond acceptors (Lipinski definition) is 4. The maximum atomic E-state index is 14.5. The highest BCUT2D eigenvalue weighted by Gasteiger charge is 2.34. The quantitative estimate of drug-likeness (QED) is 0.0836. The molecule has 8 nitrogen and oxygen atoms in total. The van der Waals surface area contributed by atoms with Gasteiger partial charge in [0.15, 0.2) is 0 Å². The van der Waals surface area contributed by atoms with E-state index in [-0.39, 0.29) is 35.0 Å². The molecule has 0 fully saturated rings. The standard InChI is InChI=1S/C40H28Cl2N2O6/c41-24-9-1-5-21(19-24)15-17-43-37(45)34-32-28-12-4-8-23-7-3-11-26(30(23)28)27-13-14-29(39(47)48)33(31(27)32)36(40(49)50)35(34)38(46)44-18-16-22-6-2-10-25(42)20-22/h1-14,19-20H,15-18H2,(H,43,45)(H,44,46)(H,47,48)(H,49,50). The lowest BCUT2D eigenvalue weighted by atomic mass is 9.81. The van der Waals surface area contributed by atoms with E-state index in [1.165, 1.54) is 6.07 Å². The minimum absolute atomic E-state index is 0.0890. The Kier molecular flexibility index (Phi) is 8.74. The zero-order valence-electron chi connectivity index (χ0n) is 26.3. The van der Waals surface area contributed by atoms with Crippen LogP contribution >= 0.6 is 23.2 Å². The summed E-state index contributed by atoms with van der Waals surface area (Å²) in [5.41, 5.74) is 0.291. The molecule has 4 N–H and O–H groups in total. The molecule has 0 aliphatic carbocycles. The van der Waals surface area contributed by atoms with E-state index in [0.717, 1.165) is 27.3 Å². The average molecular weight is 704 g/mol. The van der Waals surface area contributed by atoms with Crippen molar-refractivity contribution in [3.63, 3.8) is 0 Å². The van der Waals surface area contributed by atoms with Crippen molar-refractivity contribution in [3.05, 3.63) is 140 Å². The molecule has 0 radical (unpaired) electrons. The topological polar surface area (TPSA) is 133 Å². The lowest BCUT2D eigenvalue weighted by Crippen LogP contribution is -2.33. The molecule has 0 atom stereocenters. The Morgan fingerprint density at radius 1 is 0.520 bits per heavy atom. The zero-order valence-corrected chi connectivity index (χ0v) is 27.9. The summed E-state index contributed by atoms with van der Waals surface area (Å²) in [5.74, 6) is -4.40. The van der Waals surface area contributed by atoms with Crippen LogP contribution in [-0.2, 0) is 12.8 Å². The smallest absolute Gasteiger partial charge is 0.337 e. The summed E-state index contributed by atoms with van der Waals surface area (Å²) in [6, 6.07) is 28.5. The molecule has 0 aliphatic heterocycles. The SMILES string of the molecule is O=C(NCCc1cccc(Cl)c1)c1c(C(=O)O)c2c(C(=O)O)ccc3c4cccc5cccc(c(c1C(=O)NCCc1cccc(Cl)c1)c23)c54. The van der Waals surface area contributed by atoms with Gasteiger partial charge in [-0.2, -0.15) is 0 Å². The Bertz CT molecular complexity index is 2520. The molecule has 7 aromatic carbocycles. The van der Waals surface area contributed by atoms with Crippen LogP contribution in [0.15, 0.2) is 97.1 Å². The van der Waals surface area contributed by atoms with Gasteiger partial charge in [0.1, 0.15) is 0 Å². The van der Waals surface area contributed by atoms with Crippen molar-refractivity contribution in [3.8, 4) is 0 Å². The van der Waals surface area contributed by atoms with Crippen LogP contribution < -0.4 is 10.6 Å². The first-order valence-corrected chi connectivity index (χ1v) is 16.6. The van der Waals surface area contributed by atoms with Crippen LogP contribution in [0.5, 0.6) is 0 Å². The largest absolute Gasteiger partial charge is 0.478 e. The van der Waals surface area contributed by atoms with Crippen LogP contribution in [0.2, 0.25) is 10.0 Å². The molecule has 0 saturated carbocycles. The molecule has 2 amide bonds. The number of aromatic carboxylic acids is 2. The number of rotatable bonds is 10. The van der Waals surface area contributed by atoms with Gasteiger partial charge in [0.25, 0.3) is 11.8 Å². The summed E-state index contributed by atoms with van der Waals surface area (Å²) in [6.45, 7) is 0.239. The van der Waals surface area contributed by atoms with E-state index in [0.29, 0.717) is 39.0 Å². The van der Waals surface area contributed by atoms with Gasteiger partial charge in [-0.3, -0.25) is 9.59 Å². The van der Waals surface area contributed by atoms with Crippen LogP contribution in [-0.4, -0.2) is 47.1 Å². The third-order valence-electron chi connectivity index (χ3n) is 8.99. The van der Waals surface area contributed by atoms with Crippen LogP contribution in [0.4, 0.5) is 0 Å². The molecule has 248 valence electrons. The Morgan fingerprint density at radius 2 is 1.06 bits per heavy atom. The summed E-state index contributed by atoms with van der Waals surface area (Å²) in [7, 11) is 0. The summed E-state index contributed by atoms with van der Waals surface area (Å²) < 4.78 is 0. The number of nitrogens with one attached hydrogen (secondary N) is 2. The van der Waals surface area contributed by atoms with Gasteiger partial charge in [-0.1, -0.05) is 89.9 Å². The van der Waals surface area contributed by atoms with E-state index < -0.39 is 34.9 Å². The van der Waals surface area contributed by atoms with Crippen molar-refractivity contribution >= 4 is 90.0 Å². The third-order valence-corrected chi connectivity index (χ3v) is 9.46. The van der Waals surface area contributed by atoms with Crippen LogP contribution in [0.3, 0.4) is 0 Å². The molecule has 0 saturated heterocycles. The highest BCUT2D eigenvalue weighted by atomic mass is 35.5. The molecule has 7 rings (SSSR count). The minimum atomic E-state index is -1.54. The molecule has 0 heterocycles. The lowest BCUT2D eigenvalue weighted by Gasteiger charge is -2.23. The van der Waals surface area contributed by atoms with E-state index in [1.54, 1.807) is 48.5 Å². The average Bonchev–Trinajstić information content (AvgIpc) is 3.09. The van der Waals surface area contributed by atoms with E-state index in [2.05, 4.69) is 10.6 Å². The second-order valence-electron chi connectivity index (χ2n) is 12.0. The fraction of sp³-hybridized carbons (Fsp3) is 0.100. The molecular weight excluding hydrogens is 675 g/mol. The number of benzene rings is 7. The van der Waals surface area contributed by atoms with Crippen molar-refractivity contribution in [1.82, 2.24) is 10.6 Å². The maximum Gasteiger partial charge on any atom is 0.337 e. The Labute approximate surface area is 295 Å². The predicted octanol–water partition coefficient (Wildman–Crippen LogP) is 8.39. The van der Waals surface area contributed by atoms with Crippen molar-refractivity contribution in [2.24, 2.45) is 0 Å². The Morgan fingerprint density at radius 3 is 1.62 bits per heavy atom. The van der Waals surface area contributed by atoms with Crippen molar-refractivity contribution in [2.45, 2.75) is 12.8 Å². The normalized spacial score (nSPS) is 11.4. The fourth-order valence-electron chi connectivity index (χ4n) is 6.94. The second-order valence-corrected chi connectivity index (χ2v) is 12.9. The number of fused-ring (bicyclic) bond motifs is 2. The molecule has 0 aliphatic rings. The van der Waals surface area contributed by atoms with Gasteiger partial charge in [0, 0.05) is 33.9 Å². The van der Waals surface area contributed by atoms with Crippen molar-refractivity contribution < 1.29 is 29.4 Å². The number of carboxylic acid groups (broad SMARTS) is 2. The van der Waals surface area contributed by atoms with E-state index in [4.69, 9.17) is 23.2 Å².